The highest BCUT2D eigenvalue weighted by Crippen LogP contribution is 2.25. The lowest BCUT2D eigenvalue weighted by Gasteiger charge is -2.29. The summed E-state index contributed by atoms with van der Waals surface area (Å²) in [5.41, 5.74) is 5.78. The maximum Gasteiger partial charge on any atom is 0.0648 e. The molecule has 2 N–H and O–H groups in total. The van der Waals surface area contributed by atoms with E-state index in [0.29, 0.717) is 0 Å². The van der Waals surface area contributed by atoms with Crippen molar-refractivity contribution < 1.29 is 9.47 Å². The topological polar surface area (TPSA) is 44.5 Å². The first-order valence-corrected chi connectivity index (χ1v) is 6.16. The molecule has 0 amide bonds. The summed E-state index contributed by atoms with van der Waals surface area (Å²) in [7, 11) is 1.72. The first-order valence-electron chi connectivity index (χ1n) is 6.16. The second kappa shape index (κ2) is 7.25. The fraction of sp³-hybridized carbons (Fsp3) is 1.00. The van der Waals surface area contributed by atoms with Crippen LogP contribution < -0.4 is 5.73 Å². The molecule has 0 spiro atoms. The van der Waals surface area contributed by atoms with Gasteiger partial charge in [0.2, 0.25) is 0 Å². The van der Waals surface area contributed by atoms with Crippen molar-refractivity contribution in [1.29, 1.82) is 0 Å². The van der Waals surface area contributed by atoms with Gasteiger partial charge in [0.1, 0.15) is 0 Å². The lowest BCUT2D eigenvalue weighted by atomic mass is 9.86. The molecule has 0 aromatic heterocycles. The van der Waals surface area contributed by atoms with Gasteiger partial charge in [-0.05, 0) is 45.1 Å². The van der Waals surface area contributed by atoms with E-state index in [9.17, 15) is 0 Å². The average molecular weight is 231 g/mol. The molecule has 0 saturated carbocycles. The van der Waals surface area contributed by atoms with Crippen molar-refractivity contribution in [2.24, 2.45) is 11.1 Å². The molecule has 3 heteroatoms. The molecule has 16 heavy (non-hydrogen) atoms. The molecule has 0 aliphatic carbocycles. The van der Waals surface area contributed by atoms with Gasteiger partial charge in [-0.25, -0.2) is 0 Å². The van der Waals surface area contributed by atoms with E-state index >= 15 is 0 Å². The van der Waals surface area contributed by atoms with Crippen molar-refractivity contribution in [1.82, 2.24) is 0 Å². The molecule has 0 radical (unpaired) electrons. The summed E-state index contributed by atoms with van der Waals surface area (Å²) in [4.78, 5) is 0. The zero-order chi connectivity index (χ0) is 12.7. The lowest BCUT2D eigenvalue weighted by Crippen LogP contribution is -2.28. The monoisotopic (exact) mass is 231 g/mol. The van der Waals surface area contributed by atoms with Crippen LogP contribution in [0.5, 0.6) is 0 Å². The third-order valence-corrected chi connectivity index (χ3v) is 3.00. The Bertz CT molecular complexity index is 179. The number of nitrogens with two attached hydrogens (primary N) is 1. The van der Waals surface area contributed by atoms with Gasteiger partial charge in [-0.1, -0.05) is 13.8 Å². The maximum absolute atomic E-state index is 5.89. The molecule has 0 atom stereocenters. The normalized spacial score (nSPS) is 13.1. The predicted molar refractivity (Wildman–Crippen MR) is 68.6 cm³/mol. The summed E-state index contributed by atoms with van der Waals surface area (Å²) in [5.74, 6) is 0. The Morgan fingerprint density at radius 3 is 2.06 bits per heavy atom. The lowest BCUT2D eigenvalue weighted by molar-refractivity contribution is -0.0460. The van der Waals surface area contributed by atoms with Crippen molar-refractivity contribution >= 4 is 0 Å². The number of hydrogen-bond acceptors (Lipinski definition) is 3. The highest BCUT2D eigenvalue weighted by Gasteiger charge is 2.21. The van der Waals surface area contributed by atoms with Crippen LogP contribution in [0.1, 0.15) is 47.0 Å². The molecule has 0 aromatic carbocycles. The predicted octanol–water partition coefficient (Wildman–Crippen LogP) is 2.58. The van der Waals surface area contributed by atoms with Crippen LogP contribution in [0.2, 0.25) is 0 Å². The van der Waals surface area contributed by atoms with Crippen molar-refractivity contribution in [3.8, 4) is 0 Å². The Morgan fingerprint density at radius 2 is 1.56 bits per heavy atom. The van der Waals surface area contributed by atoms with Gasteiger partial charge in [0.15, 0.2) is 0 Å². The molecule has 0 aromatic rings. The highest BCUT2D eigenvalue weighted by molar-refractivity contribution is 4.72. The Morgan fingerprint density at radius 1 is 0.938 bits per heavy atom. The second-order valence-corrected chi connectivity index (χ2v) is 5.80. The molecule has 0 aliphatic heterocycles. The standard InChI is InChI=1S/C13H29NO2/c1-12(2,6-9-14)7-11-16-13(3,4)8-10-15-5/h6-11,14H2,1-5H3. The van der Waals surface area contributed by atoms with E-state index in [1.165, 1.54) is 0 Å². The summed E-state index contributed by atoms with van der Waals surface area (Å²) < 4.78 is 11.0. The molecule has 0 saturated heterocycles. The zero-order valence-corrected chi connectivity index (χ0v) is 11.6. The van der Waals surface area contributed by atoms with Gasteiger partial charge in [-0.15, -0.1) is 0 Å². The van der Waals surface area contributed by atoms with Crippen LogP contribution in [0.15, 0.2) is 0 Å². The Labute approximate surface area is 101 Å². The number of rotatable bonds is 9. The largest absolute Gasteiger partial charge is 0.385 e. The van der Waals surface area contributed by atoms with Crippen LogP contribution in [0.25, 0.3) is 0 Å². The van der Waals surface area contributed by atoms with Crippen LogP contribution in [0.3, 0.4) is 0 Å². The van der Waals surface area contributed by atoms with Gasteiger partial charge in [0.25, 0.3) is 0 Å². The van der Waals surface area contributed by atoms with Gasteiger partial charge in [-0.2, -0.15) is 0 Å². The van der Waals surface area contributed by atoms with E-state index in [1.54, 1.807) is 7.11 Å². The summed E-state index contributed by atoms with van der Waals surface area (Å²) in [6.07, 6.45) is 3.04. The van der Waals surface area contributed by atoms with Gasteiger partial charge < -0.3 is 15.2 Å². The molecule has 3 nitrogen and oxygen atoms in total. The van der Waals surface area contributed by atoms with Crippen molar-refractivity contribution in [2.75, 3.05) is 26.9 Å². The summed E-state index contributed by atoms with van der Waals surface area (Å²) in [6.45, 7) is 11.0. The maximum atomic E-state index is 5.89. The van der Waals surface area contributed by atoms with Gasteiger partial charge in [0.05, 0.1) is 5.60 Å². The summed E-state index contributed by atoms with van der Waals surface area (Å²) >= 11 is 0. The van der Waals surface area contributed by atoms with E-state index < -0.39 is 0 Å². The van der Waals surface area contributed by atoms with Gasteiger partial charge >= 0.3 is 0 Å². The van der Waals surface area contributed by atoms with E-state index in [1.807, 2.05) is 0 Å². The minimum atomic E-state index is -0.0885. The highest BCUT2D eigenvalue weighted by atomic mass is 16.5. The van der Waals surface area contributed by atoms with E-state index in [2.05, 4.69) is 27.7 Å². The molecule has 0 heterocycles. The van der Waals surface area contributed by atoms with Crippen LogP contribution in [0, 0.1) is 5.41 Å². The van der Waals surface area contributed by atoms with Crippen LogP contribution in [0.4, 0.5) is 0 Å². The average Bonchev–Trinajstić information content (AvgIpc) is 2.14. The smallest absolute Gasteiger partial charge is 0.0648 e. The second-order valence-electron chi connectivity index (χ2n) is 5.80. The minimum absolute atomic E-state index is 0.0885. The molecular formula is C13H29NO2. The van der Waals surface area contributed by atoms with E-state index in [0.717, 1.165) is 39.0 Å². The molecular weight excluding hydrogens is 202 g/mol. The fourth-order valence-corrected chi connectivity index (χ4v) is 1.54. The Hall–Kier alpha value is -0.120. The molecule has 0 unspecified atom stereocenters. The van der Waals surface area contributed by atoms with Gasteiger partial charge in [-0.3, -0.25) is 0 Å². The minimum Gasteiger partial charge on any atom is -0.385 e. The fourth-order valence-electron chi connectivity index (χ4n) is 1.54. The Balaban J connectivity index is 3.78. The Kier molecular flexibility index (Phi) is 7.20. The van der Waals surface area contributed by atoms with E-state index in [4.69, 9.17) is 15.2 Å². The molecule has 0 bridgehead atoms. The van der Waals surface area contributed by atoms with Crippen LogP contribution in [-0.2, 0) is 9.47 Å². The molecule has 0 aliphatic rings. The molecule has 98 valence electrons. The quantitative estimate of drug-likeness (QED) is 0.663. The van der Waals surface area contributed by atoms with Crippen molar-refractivity contribution in [2.45, 2.75) is 52.6 Å². The van der Waals surface area contributed by atoms with Gasteiger partial charge in [0, 0.05) is 20.3 Å². The molecule has 0 rings (SSSR count). The number of methoxy groups -OCH3 is 1. The number of hydrogen-bond donors (Lipinski definition) is 1. The first kappa shape index (κ1) is 15.9. The summed E-state index contributed by atoms with van der Waals surface area (Å²) in [6, 6.07) is 0. The third-order valence-electron chi connectivity index (χ3n) is 3.00. The van der Waals surface area contributed by atoms with Crippen molar-refractivity contribution in [3.05, 3.63) is 0 Å². The zero-order valence-electron chi connectivity index (χ0n) is 11.6. The van der Waals surface area contributed by atoms with Crippen LogP contribution >= 0.6 is 0 Å². The summed E-state index contributed by atoms with van der Waals surface area (Å²) in [5, 5.41) is 0. The molecule has 0 fully saturated rings. The van der Waals surface area contributed by atoms with E-state index in [-0.39, 0.29) is 11.0 Å². The van der Waals surface area contributed by atoms with Crippen molar-refractivity contribution in [3.63, 3.8) is 0 Å². The third kappa shape index (κ3) is 8.08. The SMILES string of the molecule is COCCC(C)(C)OCCC(C)(C)CCN. The first-order chi connectivity index (χ1) is 7.33. The van der Waals surface area contributed by atoms with Crippen LogP contribution in [-0.4, -0.2) is 32.5 Å². The number of ether oxygens (including phenoxy) is 2.